The molecule has 0 aromatic heterocycles. The lowest BCUT2D eigenvalue weighted by molar-refractivity contribution is -0.144. The molecule has 0 aliphatic rings. The largest absolute Gasteiger partial charge is 0.460 e. The van der Waals surface area contributed by atoms with Crippen molar-refractivity contribution in [2.75, 3.05) is 23.7 Å². The van der Waals surface area contributed by atoms with Crippen LogP contribution in [0.5, 0.6) is 0 Å². The van der Waals surface area contributed by atoms with E-state index in [4.69, 9.17) is 10.00 Å². The summed E-state index contributed by atoms with van der Waals surface area (Å²) in [4.78, 5) is 13.2. The van der Waals surface area contributed by atoms with Crippen molar-refractivity contribution in [2.45, 2.75) is 20.0 Å². The van der Waals surface area contributed by atoms with Gasteiger partial charge in [0.25, 0.3) is 0 Å². The van der Waals surface area contributed by atoms with Crippen molar-refractivity contribution in [3.8, 4) is 5.40 Å². The first-order valence-corrected chi connectivity index (χ1v) is 7.14. The van der Waals surface area contributed by atoms with Gasteiger partial charge in [-0.1, -0.05) is 18.2 Å². The van der Waals surface area contributed by atoms with Gasteiger partial charge in [-0.05, 0) is 30.8 Å². The van der Waals surface area contributed by atoms with E-state index in [1.807, 2.05) is 35.7 Å². The van der Waals surface area contributed by atoms with Gasteiger partial charge in [0.1, 0.15) is 11.5 Å². The Kier molecular flexibility index (Phi) is 6.83. The van der Waals surface area contributed by atoms with Crippen LogP contribution in [0.25, 0.3) is 0 Å². The molecule has 0 bridgehead atoms. The Balaban J connectivity index is 2.69. The highest BCUT2D eigenvalue weighted by Crippen LogP contribution is 2.15. The summed E-state index contributed by atoms with van der Waals surface area (Å²) in [5.41, 5.74) is 1.09. The number of hydrogen-bond donors (Lipinski definition) is 0. The molecule has 1 unspecified atom stereocenters. The number of ether oxygens (including phenoxy) is 1. The first-order valence-electron chi connectivity index (χ1n) is 6.15. The molecule has 0 saturated heterocycles. The number of carbonyl (C=O) groups is 1. The SMILES string of the molecule is CCN(CC(CSC#N)OC(C)=O)c1ccccc1. The Bertz CT molecular complexity index is 431. The monoisotopic (exact) mass is 278 g/mol. The number of anilines is 1. The lowest BCUT2D eigenvalue weighted by Gasteiger charge is -2.27. The van der Waals surface area contributed by atoms with Crippen molar-refractivity contribution in [1.29, 1.82) is 5.26 Å². The van der Waals surface area contributed by atoms with Gasteiger partial charge >= 0.3 is 5.97 Å². The Morgan fingerprint density at radius 1 is 1.47 bits per heavy atom. The van der Waals surface area contributed by atoms with Crippen LogP contribution in [-0.4, -0.2) is 30.9 Å². The molecule has 0 aliphatic carbocycles. The van der Waals surface area contributed by atoms with Gasteiger partial charge in [0, 0.05) is 24.9 Å². The van der Waals surface area contributed by atoms with Crippen LogP contribution in [0.2, 0.25) is 0 Å². The van der Waals surface area contributed by atoms with Gasteiger partial charge in [-0.15, -0.1) is 0 Å². The average molecular weight is 278 g/mol. The zero-order valence-electron chi connectivity index (χ0n) is 11.2. The topological polar surface area (TPSA) is 53.3 Å². The van der Waals surface area contributed by atoms with E-state index in [2.05, 4.69) is 11.8 Å². The van der Waals surface area contributed by atoms with Gasteiger partial charge in [-0.25, -0.2) is 0 Å². The van der Waals surface area contributed by atoms with Crippen molar-refractivity contribution < 1.29 is 9.53 Å². The number of nitriles is 1. The molecule has 1 atom stereocenters. The molecule has 0 radical (unpaired) electrons. The zero-order chi connectivity index (χ0) is 14.1. The third-order valence-electron chi connectivity index (χ3n) is 2.59. The zero-order valence-corrected chi connectivity index (χ0v) is 12.0. The molecule has 0 amide bonds. The fraction of sp³-hybridized carbons (Fsp3) is 0.429. The maximum Gasteiger partial charge on any atom is 0.302 e. The summed E-state index contributed by atoms with van der Waals surface area (Å²) in [6.45, 7) is 4.85. The third-order valence-corrected chi connectivity index (χ3v) is 3.26. The van der Waals surface area contributed by atoms with Crippen molar-refractivity contribution >= 4 is 23.4 Å². The number of thiocyanates is 1. The second-order valence-corrected chi connectivity index (χ2v) is 4.81. The van der Waals surface area contributed by atoms with Crippen LogP contribution < -0.4 is 4.90 Å². The van der Waals surface area contributed by atoms with Crippen LogP contribution >= 0.6 is 11.8 Å². The number of esters is 1. The maximum atomic E-state index is 11.1. The second kappa shape index (κ2) is 8.44. The van der Waals surface area contributed by atoms with E-state index in [9.17, 15) is 4.79 Å². The highest BCUT2D eigenvalue weighted by Gasteiger charge is 2.16. The number of para-hydroxylation sites is 1. The highest BCUT2D eigenvalue weighted by atomic mass is 32.2. The number of carbonyl (C=O) groups excluding carboxylic acids is 1. The fourth-order valence-electron chi connectivity index (χ4n) is 1.79. The molecule has 0 saturated carbocycles. The van der Waals surface area contributed by atoms with Gasteiger partial charge in [0.15, 0.2) is 0 Å². The van der Waals surface area contributed by atoms with Gasteiger partial charge in [-0.3, -0.25) is 4.79 Å². The second-order valence-electron chi connectivity index (χ2n) is 4.01. The van der Waals surface area contributed by atoms with Gasteiger partial charge < -0.3 is 9.64 Å². The standard InChI is InChI=1S/C14H18N2O2S/c1-3-16(13-7-5-4-6-8-13)9-14(10-19-11-15)18-12(2)17/h4-8,14H,3,9-10H2,1-2H3. The quantitative estimate of drug-likeness (QED) is 0.567. The smallest absolute Gasteiger partial charge is 0.302 e. The molecule has 0 N–H and O–H groups in total. The third kappa shape index (κ3) is 5.66. The molecule has 0 fully saturated rings. The minimum Gasteiger partial charge on any atom is -0.460 e. The molecular weight excluding hydrogens is 260 g/mol. The van der Waals surface area contributed by atoms with Crippen molar-refractivity contribution in [2.24, 2.45) is 0 Å². The first kappa shape index (κ1) is 15.4. The van der Waals surface area contributed by atoms with Crippen LogP contribution in [0, 0.1) is 10.7 Å². The number of rotatable bonds is 7. The number of thioether (sulfide) groups is 1. The van der Waals surface area contributed by atoms with Crippen LogP contribution in [0.4, 0.5) is 5.69 Å². The van der Waals surface area contributed by atoms with Crippen LogP contribution in [0.1, 0.15) is 13.8 Å². The lowest BCUT2D eigenvalue weighted by Crippen LogP contribution is -2.36. The van der Waals surface area contributed by atoms with E-state index in [-0.39, 0.29) is 12.1 Å². The minimum absolute atomic E-state index is 0.276. The van der Waals surface area contributed by atoms with Gasteiger partial charge in [-0.2, -0.15) is 5.26 Å². The molecule has 5 heteroatoms. The summed E-state index contributed by atoms with van der Waals surface area (Å²) in [5, 5.41) is 10.6. The summed E-state index contributed by atoms with van der Waals surface area (Å²) in [7, 11) is 0. The Hall–Kier alpha value is -1.67. The van der Waals surface area contributed by atoms with Crippen LogP contribution in [0.15, 0.2) is 30.3 Å². The molecule has 0 spiro atoms. The highest BCUT2D eigenvalue weighted by molar-refractivity contribution is 8.03. The molecular formula is C14H18N2O2S. The molecule has 0 heterocycles. The Morgan fingerprint density at radius 2 is 2.16 bits per heavy atom. The number of benzene rings is 1. The number of likely N-dealkylation sites (N-methyl/N-ethyl adjacent to an activating group) is 1. The molecule has 1 aromatic rings. The lowest BCUT2D eigenvalue weighted by atomic mass is 10.2. The van der Waals surface area contributed by atoms with Crippen LogP contribution in [-0.2, 0) is 9.53 Å². The van der Waals surface area contributed by atoms with Gasteiger partial charge in [0.2, 0.25) is 0 Å². The summed E-state index contributed by atoms with van der Waals surface area (Å²) in [5.74, 6) is 0.173. The minimum atomic E-state index is -0.312. The predicted octanol–water partition coefficient (Wildman–Crippen LogP) is 2.66. The molecule has 0 aliphatic heterocycles. The average Bonchev–Trinajstić information content (AvgIpc) is 2.42. The summed E-state index contributed by atoms with van der Waals surface area (Å²) >= 11 is 1.11. The van der Waals surface area contributed by atoms with Crippen molar-refractivity contribution in [3.05, 3.63) is 30.3 Å². The summed E-state index contributed by atoms with van der Waals surface area (Å²) in [6.07, 6.45) is -0.276. The number of hydrogen-bond acceptors (Lipinski definition) is 5. The van der Waals surface area contributed by atoms with E-state index in [1.54, 1.807) is 0 Å². The van der Waals surface area contributed by atoms with E-state index < -0.39 is 0 Å². The molecule has 1 aromatic carbocycles. The predicted molar refractivity (Wildman–Crippen MR) is 78.0 cm³/mol. The van der Waals surface area contributed by atoms with E-state index in [1.165, 1.54) is 6.92 Å². The molecule has 4 nitrogen and oxygen atoms in total. The van der Waals surface area contributed by atoms with Crippen molar-refractivity contribution in [1.82, 2.24) is 0 Å². The van der Waals surface area contributed by atoms with E-state index in [0.717, 1.165) is 24.0 Å². The maximum absolute atomic E-state index is 11.1. The Morgan fingerprint density at radius 3 is 2.68 bits per heavy atom. The van der Waals surface area contributed by atoms with E-state index in [0.29, 0.717) is 12.3 Å². The van der Waals surface area contributed by atoms with E-state index >= 15 is 0 Å². The molecule has 1 rings (SSSR count). The van der Waals surface area contributed by atoms with Crippen molar-refractivity contribution in [3.63, 3.8) is 0 Å². The fourth-order valence-corrected chi connectivity index (χ4v) is 2.22. The molecule has 102 valence electrons. The normalized spacial score (nSPS) is 11.4. The molecule has 19 heavy (non-hydrogen) atoms. The van der Waals surface area contributed by atoms with Gasteiger partial charge in [0.05, 0.1) is 6.54 Å². The first-order chi connectivity index (χ1) is 9.17. The summed E-state index contributed by atoms with van der Waals surface area (Å²) in [6, 6.07) is 9.95. The Labute approximate surface area is 118 Å². The number of nitrogens with zero attached hydrogens (tertiary/aromatic N) is 2. The summed E-state index contributed by atoms with van der Waals surface area (Å²) < 4.78 is 5.25. The van der Waals surface area contributed by atoms with Crippen LogP contribution in [0.3, 0.4) is 0 Å².